The molecule has 0 radical (unpaired) electrons. The molecular formula is C11H17N3O3. The quantitative estimate of drug-likeness (QED) is 0.629. The van der Waals surface area contributed by atoms with Crippen LogP contribution in [-0.2, 0) is 0 Å². The lowest BCUT2D eigenvalue weighted by Gasteiger charge is -2.15. The molecular weight excluding hydrogens is 222 g/mol. The first-order chi connectivity index (χ1) is 7.90. The first-order valence-corrected chi connectivity index (χ1v) is 5.47. The molecule has 1 aromatic heterocycles. The summed E-state index contributed by atoms with van der Waals surface area (Å²) in [5, 5.41) is 10.8. The van der Waals surface area contributed by atoms with E-state index < -0.39 is 4.92 Å². The third-order valence-electron chi connectivity index (χ3n) is 2.17. The molecule has 0 spiro atoms. The zero-order valence-electron chi connectivity index (χ0n) is 10.2. The van der Waals surface area contributed by atoms with E-state index in [2.05, 4.69) is 18.8 Å². The van der Waals surface area contributed by atoms with Gasteiger partial charge in [0.1, 0.15) is 5.82 Å². The number of ether oxygens (including phenoxy) is 1. The number of nitro groups is 1. The number of nitrogens with two attached hydrogens (primary N) is 1. The molecule has 0 bridgehead atoms. The summed E-state index contributed by atoms with van der Waals surface area (Å²) in [6, 6.07) is 2.69. The fraction of sp³-hybridized carbons (Fsp3) is 0.545. The Bertz CT molecular complexity index is 407. The smallest absolute Gasteiger partial charge is 0.331 e. The molecule has 6 nitrogen and oxygen atoms in total. The van der Waals surface area contributed by atoms with Gasteiger partial charge in [-0.3, -0.25) is 10.1 Å². The molecule has 94 valence electrons. The Labute approximate surface area is 99.9 Å². The van der Waals surface area contributed by atoms with E-state index in [0.29, 0.717) is 5.92 Å². The molecule has 0 amide bonds. The van der Waals surface area contributed by atoms with Gasteiger partial charge in [-0.25, -0.2) is 0 Å². The summed E-state index contributed by atoms with van der Waals surface area (Å²) in [6.45, 7) is 5.97. The van der Waals surface area contributed by atoms with Crippen molar-refractivity contribution >= 4 is 11.5 Å². The minimum Gasteiger partial charge on any atom is -0.470 e. The fourth-order valence-corrected chi connectivity index (χ4v) is 1.58. The fourth-order valence-electron chi connectivity index (χ4n) is 1.58. The minimum absolute atomic E-state index is 0.0110. The van der Waals surface area contributed by atoms with Crippen LogP contribution < -0.4 is 10.5 Å². The van der Waals surface area contributed by atoms with Gasteiger partial charge in [-0.1, -0.05) is 13.8 Å². The van der Waals surface area contributed by atoms with Gasteiger partial charge < -0.3 is 10.5 Å². The average molecular weight is 239 g/mol. The first-order valence-electron chi connectivity index (χ1n) is 5.47. The van der Waals surface area contributed by atoms with Crippen LogP contribution in [0.5, 0.6) is 5.88 Å². The molecule has 0 aliphatic carbocycles. The van der Waals surface area contributed by atoms with Crippen molar-refractivity contribution in [1.82, 2.24) is 4.98 Å². The molecule has 0 fully saturated rings. The Morgan fingerprint density at radius 1 is 1.47 bits per heavy atom. The van der Waals surface area contributed by atoms with Gasteiger partial charge in [0.25, 0.3) is 5.88 Å². The molecule has 1 unspecified atom stereocenters. The molecule has 2 N–H and O–H groups in total. The van der Waals surface area contributed by atoms with Gasteiger partial charge in [-0.15, -0.1) is 0 Å². The van der Waals surface area contributed by atoms with Crippen molar-refractivity contribution in [2.75, 3.05) is 5.73 Å². The van der Waals surface area contributed by atoms with Crippen LogP contribution in [0.25, 0.3) is 0 Å². The van der Waals surface area contributed by atoms with Gasteiger partial charge in [-0.05, 0) is 25.3 Å². The predicted molar refractivity (Wildman–Crippen MR) is 64.8 cm³/mol. The number of anilines is 1. The van der Waals surface area contributed by atoms with E-state index in [0.717, 1.165) is 6.42 Å². The predicted octanol–water partition coefficient (Wildman–Crippen LogP) is 2.39. The molecule has 0 aliphatic rings. The van der Waals surface area contributed by atoms with Crippen LogP contribution in [0.1, 0.15) is 27.2 Å². The zero-order chi connectivity index (χ0) is 13.0. The van der Waals surface area contributed by atoms with Crippen LogP contribution >= 0.6 is 0 Å². The van der Waals surface area contributed by atoms with Crippen molar-refractivity contribution in [1.29, 1.82) is 0 Å². The van der Waals surface area contributed by atoms with Crippen LogP contribution in [0.2, 0.25) is 0 Å². The van der Waals surface area contributed by atoms with Gasteiger partial charge in [0.2, 0.25) is 0 Å². The lowest BCUT2D eigenvalue weighted by molar-refractivity contribution is -0.386. The van der Waals surface area contributed by atoms with Crippen molar-refractivity contribution in [2.45, 2.75) is 33.3 Å². The van der Waals surface area contributed by atoms with Crippen LogP contribution in [0.15, 0.2) is 12.1 Å². The second kappa shape index (κ2) is 5.47. The maximum Gasteiger partial charge on any atom is 0.331 e. The number of hydrogen-bond donors (Lipinski definition) is 1. The highest BCUT2D eigenvalue weighted by Crippen LogP contribution is 2.27. The summed E-state index contributed by atoms with van der Waals surface area (Å²) < 4.78 is 5.47. The highest BCUT2D eigenvalue weighted by atomic mass is 16.6. The summed E-state index contributed by atoms with van der Waals surface area (Å²) in [5.74, 6) is 0.649. The van der Waals surface area contributed by atoms with Crippen LogP contribution in [-0.4, -0.2) is 16.0 Å². The van der Waals surface area contributed by atoms with E-state index in [4.69, 9.17) is 10.5 Å². The van der Waals surface area contributed by atoms with Crippen molar-refractivity contribution in [3.63, 3.8) is 0 Å². The number of aromatic nitrogens is 1. The van der Waals surface area contributed by atoms with Gasteiger partial charge in [0, 0.05) is 6.07 Å². The summed E-state index contributed by atoms with van der Waals surface area (Å²) >= 11 is 0. The minimum atomic E-state index is -0.524. The average Bonchev–Trinajstić information content (AvgIpc) is 2.15. The number of rotatable bonds is 5. The zero-order valence-corrected chi connectivity index (χ0v) is 10.2. The Morgan fingerprint density at radius 3 is 2.65 bits per heavy atom. The molecule has 1 aromatic rings. The SMILES string of the molecule is CC(C)CC(C)Oc1nc(N)ccc1[N+](=O)[O-]. The lowest BCUT2D eigenvalue weighted by Crippen LogP contribution is -2.16. The number of hydrogen-bond acceptors (Lipinski definition) is 5. The number of nitrogens with zero attached hydrogens (tertiary/aromatic N) is 2. The standard InChI is InChI=1S/C11H17N3O3/c1-7(2)6-8(3)17-11-9(14(15)16)4-5-10(12)13-11/h4-5,7-8H,6H2,1-3H3,(H2,12,13). The van der Waals surface area contributed by atoms with E-state index in [1.165, 1.54) is 12.1 Å². The Kier molecular flexibility index (Phi) is 4.25. The summed E-state index contributed by atoms with van der Waals surface area (Å²) in [4.78, 5) is 14.1. The topological polar surface area (TPSA) is 91.3 Å². The van der Waals surface area contributed by atoms with E-state index in [9.17, 15) is 10.1 Å². The largest absolute Gasteiger partial charge is 0.470 e. The molecule has 1 atom stereocenters. The molecule has 1 heterocycles. The number of nitrogen functional groups attached to an aromatic ring is 1. The second-order valence-corrected chi connectivity index (χ2v) is 4.38. The maximum atomic E-state index is 10.8. The monoisotopic (exact) mass is 239 g/mol. The number of pyridine rings is 1. The molecule has 17 heavy (non-hydrogen) atoms. The first kappa shape index (κ1) is 13.2. The van der Waals surface area contributed by atoms with E-state index >= 15 is 0 Å². The third kappa shape index (κ3) is 3.90. The van der Waals surface area contributed by atoms with Crippen LogP contribution in [0.4, 0.5) is 11.5 Å². The van der Waals surface area contributed by atoms with Gasteiger partial charge in [0.05, 0.1) is 11.0 Å². The molecule has 1 rings (SSSR count). The molecule has 0 saturated heterocycles. The van der Waals surface area contributed by atoms with E-state index in [-0.39, 0.29) is 23.5 Å². The van der Waals surface area contributed by atoms with Gasteiger partial charge in [-0.2, -0.15) is 4.98 Å². The lowest BCUT2D eigenvalue weighted by atomic mass is 10.1. The Morgan fingerprint density at radius 2 is 2.12 bits per heavy atom. The molecule has 6 heteroatoms. The molecule has 0 aliphatic heterocycles. The summed E-state index contributed by atoms with van der Waals surface area (Å²) in [6.07, 6.45) is 0.663. The summed E-state index contributed by atoms with van der Waals surface area (Å²) in [5.41, 5.74) is 5.33. The van der Waals surface area contributed by atoms with E-state index in [1.54, 1.807) is 0 Å². The van der Waals surface area contributed by atoms with Crippen molar-refractivity contribution in [3.05, 3.63) is 22.2 Å². The van der Waals surface area contributed by atoms with E-state index in [1.807, 2.05) is 6.92 Å². The maximum absolute atomic E-state index is 10.8. The Hall–Kier alpha value is -1.85. The normalized spacial score (nSPS) is 12.5. The third-order valence-corrected chi connectivity index (χ3v) is 2.17. The van der Waals surface area contributed by atoms with Crippen molar-refractivity contribution < 1.29 is 9.66 Å². The second-order valence-electron chi connectivity index (χ2n) is 4.38. The van der Waals surface area contributed by atoms with Crippen molar-refractivity contribution in [3.8, 4) is 5.88 Å². The molecule has 0 aromatic carbocycles. The molecule has 0 saturated carbocycles. The van der Waals surface area contributed by atoms with Crippen LogP contribution in [0, 0.1) is 16.0 Å². The summed E-state index contributed by atoms with van der Waals surface area (Å²) in [7, 11) is 0. The van der Waals surface area contributed by atoms with Crippen molar-refractivity contribution in [2.24, 2.45) is 5.92 Å². The van der Waals surface area contributed by atoms with Gasteiger partial charge >= 0.3 is 5.69 Å². The highest BCUT2D eigenvalue weighted by molar-refractivity contribution is 5.46. The highest BCUT2D eigenvalue weighted by Gasteiger charge is 2.19. The Balaban J connectivity index is 2.88. The van der Waals surface area contributed by atoms with Gasteiger partial charge in [0.15, 0.2) is 0 Å². The van der Waals surface area contributed by atoms with Crippen LogP contribution in [0.3, 0.4) is 0 Å².